The number of thiazole rings is 1. The molecule has 0 saturated heterocycles. The molecule has 4 rings (SSSR count). The van der Waals surface area contributed by atoms with E-state index in [1.54, 1.807) is 24.5 Å². The minimum atomic E-state index is -0.463. The Kier molecular flexibility index (Phi) is 3.65. The van der Waals surface area contributed by atoms with Gasteiger partial charge in [-0.05, 0) is 43.5 Å². The summed E-state index contributed by atoms with van der Waals surface area (Å²) in [6.07, 6.45) is 3.23. The molecule has 3 aromatic rings. The molecule has 1 aliphatic rings. The largest absolute Gasteiger partial charge is 0.299 e. The molecule has 0 radical (unpaired) electrons. The zero-order valence-corrected chi connectivity index (χ0v) is 15.8. The summed E-state index contributed by atoms with van der Waals surface area (Å²) in [5.41, 5.74) is 5.25. The number of carbonyl (C=O) groups excluding carboxylic acids is 1. The summed E-state index contributed by atoms with van der Waals surface area (Å²) in [5.74, 6) is 0.230. The van der Waals surface area contributed by atoms with Gasteiger partial charge in [0.15, 0.2) is 0 Å². The van der Waals surface area contributed by atoms with E-state index in [9.17, 15) is 4.79 Å². The van der Waals surface area contributed by atoms with Crippen LogP contribution in [0.1, 0.15) is 34.2 Å². The Morgan fingerprint density at radius 1 is 1.24 bits per heavy atom. The Labute approximate surface area is 151 Å². The number of fused-ring (bicyclic) bond motifs is 1. The van der Waals surface area contributed by atoms with Crippen molar-refractivity contribution in [1.29, 1.82) is 0 Å². The molecule has 0 amide bonds. The first-order valence-corrected chi connectivity index (χ1v) is 9.29. The van der Waals surface area contributed by atoms with Crippen LogP contribution in [-0.4, -0.2) is 20.5 Å². The first-order valence-electron chi connectivity index (χ1n) is 8.47. The summed E-state index contributed by atoms with van der Waals surface area (Å²) in [6.45, 7) is 5.95. The van der Waals surface area contributed by atoms with Crippen molar-refractivity contribution in [2.75, 3.05) is 0 Å². The molecule has 0 saturated carbocycles. The average molecular weight is 351 g/mol. The third kappa shape index (κ3) is 2.37. The molecule has 5 heteroatoms. The van der Waals surface area contributed by atoms with Gasteiger partial charge in [0.1, 0.15) is 10.8 Å². The van der Waals surface area contributed by atoms with Gasteiger partial charge in [-0.15, -0.1) is 11.3 Å². The maximum absolute atomic E-state index is 12.7. The summed E-state index contributed by atoms with van der Waals surface area (Å²) < 4.78 is 1.84. The van der Waals surface area contributed by atoms with Crippen LogP contribution in [0.3, 0.4) is 0 Å². The molecule has 0 unspecified atom stereocenters. The summed E-state index contributed by atoms with van der Waals surface area (Å²) in [7, 11) is 1.93. The fraction of sp³-hybridized carbons (Fsp3) is 0.350. The van der Waals surface area contributed by atoms with Crippen LogP contribution in [0.25, 0.3) is 10.7 Å². The third-order valence-electron chi connectivity index (χ3n) is 5.54. The Hall–Kier alpha value is -2.27. The number of nitrogens with zero attached hydrogens (tertiary/aromatic N) is 3. The van der Waals surface area contributed by atoms with Crippen LogP contribution >= 0.6 is 11.3 Å². The molecule has 0 aliphatic heterocycles. The topological polar surface area (TPSA) is 47.8 Å². The Bertz CT molecular complexity index is 959. The van der Waals surface area contributed by atoms with Gasteiger partial charge in [-0.2, -0.15) is 5.10 Å². The number of benzene rings is 1. The molecule has 25 heavy (non-hydrogen) atoms. The van der Waals surface area contributed by atoms with Crippen molar-refractivity contribution in [1.82, 2.24) is 14.8 Å². The smallest absolute Gasteiger partial charge is 0.142 e. The molecule has 128 valence electrons. The second kappa shape index (κ2) is 5.63. The number of aryl methyl sites for hydroxylation is 2. The molecule has 1 aliphatic carbocycles. The van der Waals surface area contributed by atoms with Crippen LogP contribution < -0.4 is 0 Å². The van der Waals surface area contributed by atoms with Crippen molar-refractivity contribution in [3.8, 4) is 10.7 Å². The number of carbonyl (C=O) groups is 1. The van der Waals surface area contributed by atoms with Crippen LogP contribution in [0.15, 0.2) is 30.5 Å². The van der Waals surface area contributed by atoms with E-state index < -0.39 is 5.41 Å². The number of ketones is 1. The van der Waals surface area contributed by atoms with E-state index in [1.165, 1.54) is 16.0 Å². The third-order valence-corrected chi connectivity index (χ3v) is 6.66. The average Bonchev–Trinajstić information content (AvgIpc) is 3.22. The number of rotatable bonds is 3. The molecule has 0 N–H and O–H groups in total. The lowest BCUT2D eigenvalue weighted by molar-refractivity contribution is -0.122. The number of aromatic nitrogens is 3. The summed E-state index contributed by atoms with van der Waals surface area (Å²) in [4.78, 5) is 18.8. The first-order chi connectivity index (χ1) is 11.9. The maximum Gasteiger partial charge on any atom is 0.142 e. The van der Waals surface area contributed by atoms with Crippen molar-refractivity contribution >= 4 is 17.1 Å². The van der Waals surface area contributed by atoms with Gasteiger partial charge >= 0.3 is 0 Å². The van der Waals surface area contributed by atoms with Gasteiger partial charge < -0.3 is 0 Å². The van der Waals surface area contributed by atoms with Crippen LogP contribution in [0, 0.1) is 13.8 Å². The van der Waals surface area contributed by atoms with Crippen molar-refractivity contribution < 1.29 is 4.79 Å². The van der Waals surface area contributed by atoms with Gasteiger partial charge in [0.2, 0.25) is 0 Å². The van der Waals surface area contributed by atoms with Crippen LogP contribution in [0.4, 0.5) is 0 Å². The van der Waals surface area contributed by atoms with E-state index in [0.29, 0.717) is 6.42 Å². The molecule has 1 atom stereocenters. The predicted octanol–water partition coefficient (Wildman–Crippen LogP) is 3.79. The fourth-order valence-electron chi connectivity index (χ4n) is 3.87. The molecule has 1 aromatic carbocycles. The number of hydrogen-bond acceptors (Lipinski definition) is 4. The Morgan fingerprint density at radius 3 is 2.68 bits per heavy atom. The standard InChI is InChI=1S/C20H21N3OS/c1-12-6-5-7-15(13(12)2)20(14(3)24)10-16-18(11-20)25-19(22-16)17-8-9-21-23(17)4/h5-9H,10-11H2,1-4H3/t20-/m0/s1. The predicted molar refractivity (Wildman–Crippen MR) is 100.0 cm³/mol. The van der Waals surface area contributed by atoms with Crippen LogP contribution in [0.5, 0.6) is 0 Å². The summed E-state index contributed by atoms with van der Waals surface area (Å²) in [6, 6.07) is 8.26. The van der Waals surface area contributed by atoms with Crippen LogP contribution in [-0.2, 0) is 30.1 Å². The first kappa shape index (κ1) is 16.2. The lowest BCUT2D eigenvalue weighted by Crippen LogP contribution is -2.36. The molecule has 0 fully saturated rings. The molecule has 0 spiro atoms. The quantitative estimate of drug-likeness (QED) is 0.721. The lowest BCUT2D eigenvalue weighted by atomic mass is 9.73. The minimum Gasteiger partial charge on any atom is -0.299 e. The highest BCUT2D eigenvalue weighted by Gasteiger charge is 2.46. The molecule has 0 bridgehead atoms. The highest BCUT2D eigenvalue weighted by molar-refractivity contribution is 7.15. The lowest BCUT2D eigenvalue weighted by Gasteiger charge is -2.29. The minimum absolute atomic E-state index is 0.230. The van der Waals surface area contributed by atoms with E-state index in [2.05, 4.69) is 37.1 Å². The zero-order chi connectivity index (χ0) is 17.8. The molecule has 2 heterocycles. The van der Waals surface area contributed by atoms with Crippen molar-refractivity contribution in [3.63, 3.8) is 0 Å². The summed E-state index contributed by atoms with van der Waals surface area (Å²) in [5, 5.41) is 5.22. The van der Waals surface area contributed by atoms with Crippen molar-refractivity contribution in [2.24, 2.45) is 7.05 Å². The van der Waals surface area contributed by atoms with E-state index in [-0.39, 0.29) is 5.78 Å². The second-order valence-corrected chi connectivity index (χ2v) is 8.05. The zero-order valence-electron chi connectivity index (χ0n) is 15.0. The second-order valence-electron chi connectivity index (χ2n) is 6.97. The molecular weight excluding hydrogens is 330 g/mol. The molecule has 4 nitrogen and oxygen atoms in total. The highest BCUT2D eigenvalue weighted by Crippen LogP contribution is 2.45. The number of Topliss-reactive ketones (excluding diaryl/α,β-unsaturated/α-hetero) is 1. The van der Waals surface area contributed by atoms with Gasteiger partial charge in [-0.1, -0.05) is 18.2 Å². The Balaban J connectivity index is 1.77. The molecular formula is C20H21N3OS. The van der Waals surface area contributed by atoms with Crippen molar-refractivity contribution in [2.45, 2.75) is 39.0 Å². The monoisotopic (exact) mass is 351 g/mol. The van der Waals surface area contributed by atoms with E-state index in [1.807, 2.05) is 17.8 Å². The molecule has 2 aromatic heterocycles. The number of hydrogen-bond donors (Lipinski definition) is 0. The van der Waals surface area contributed by atoms with Crippen molar-refractivity contribution in [3.05, 3.63) is 57.7 Å². The van der Waals surface area contributed by atoms with E-state index in [0.717, 1.165) is 28.4 Å². The SMILES string of the molecule is CC(=O)[C@]1(c2cccc(C)c2C)Cc2nc(-c3ccnn3C)sc2C1. The van der Waals surface area contributed by atoms with Gasteiger partial charge in [-0.25, -0.2) is 4.98 Å². The van der Waals surface area contributed by atoms with Gasteiger partial charge in [0.05, 0.1) is 16.8 Å². The van der Waals surface area contributed by atoms with Crippen LogP contribution in [0.2, 0.25) is 0 Å². The summed E-state index contributed by atoms with van der Waals surface area (Å²) >= 11 is 1.69. The van der Waals surface area contributed by atoms with Gasteiger partial charge in [0.25, 0.3) is 0 Å². The highest BCUT2D eigenvalue weighted by atomic mass is 32.1. The van der Waals surface area contributed by atoms with E-state index in [4.69, 9.17) is 4.98 Å². The Morgan fingerprint density at radius 2 is 2.04 bits per heavy atom. The fourth-order valence-corrected chi connectivity index (χ4v) is 5.12. The van der Waals surface area contributed by atoms with Gasteiger partial charge in [-0.3, -0.25) is 9.48 Å². The van der Waals surface area contributed by atoms with Gasteiger partial charge in [0, 0.05) is 31.0 Å². The van der Waals surface area contributed by atoms with E-state index >= 15 is 0 Å². The normalized spacial score (nSPS) is 19.2. The maximum atomic E-state index is 12.7.